The van der Waals surface area contributed by atoms with Gasteiger partial charge in [-0.3, -0.25) is 4.79 Å². The largest absolute Gasteiger partial charge is 0.363 e. The summed E-state index contributed by atoms with van der Waals surface area (Å²) >= 11 is 0. The van der Waals surface area contributed by atoms with Crippen LogP contribution in [0, 0.1) is 12.7 Å². The summed E-state index contributed by atoms with van der Waals surface area (Å²) in [5.41, 5.74) is 2.63. The lowest BCUT2D eigenvalue weighted by molar-refractivity contribution is -0.111. The number of halogens is 1. The predicted octanol–water partition coefficient (Wildman–Crippen LogP) is 4.39. The zero-order chi connectivity index (χ0) is 20.8. The molecule has 0 atom stereocenters. The van der Waals surface area contributed by atoms with E-state index in [0.29, 0.717) is 17.2 Å². The predicted molar refractivity (Wildman–Crippen MR) is 115 cm³/mol. The van der Waals surface area contributed by atoms with E-state index in [9.17, 15) is 9.18 Å². The van der Waals surface area contributed by atoms with Gasteiger partial charge in [0, 0.05) is 48.9 Å². The van der Waals surface area contributed by atoms with E-state index in [-0.39, 0.29) is 11.7 Å². The Labute approximate surface area is 169 Å². The van der Waals surface area contributed by atoms with Gasteiger partial charge in [-0.15, -0.1) is 0 Å². The first-order chi connectivity index (χ1) is 13.9. The average molecular weight is 391 g/mol. The van der Waals surface area contributed by atoms with Crippen molar-refractivity contribution in [3.63, 3.8) is 0 Å². The van der Waals surface area contributed by atoms with E-state index in [0.717, 1.165) is 17.2 Å². The number of nitrogens with zero attached hydrogens (tertiary/aromatic N) is 3. The van der Waals surface area contributed by atoms with Crippen LogP contribution in [0.25, 0.3) is 6.08 Å². The Kier molecular flexibility index (Phi) is 6.19. The number of rotatable bonds is 6. The fraction of sp³-hybridized carbons (Fsp3) is 0.136. The molecule has 0 saturated heterocycles. The summed E-state index contributed by atoms with van der Waals surface area (Å²) in [4.78, 5) is 22.8. The second kappa shape index (κ2) is 8.97. The van der Waals surface area contributed by atoms with E-state index in [4.69, 9.17) is 0 Å². The maximum Gasteiger partial charge on any atom is 0.248 e. The summed E-state index contributed by atoms with van der Waals surface area (Å²) in [6.45, 7) is 1.91. The van der Waals surface area contributed by atoms with Crippen molar-refractivity contribution in [3.05, 3.63) is 77.7 Å². The van der Waals surface area contributed by atoms with Crippen LogP contribution in [-0.4, -0.2) is 30.0 Å². The molecule has 0 aliphatic rings. The number of aryl methyl sites for hydroxylation is 1. The van der Waals surface area contributed by atoms with Crippen LogP contribution in [0.3, 0.4) is 0 Å². The van der Waals surface area contributed by atoms with Crippen LogP contribution in [0.4, 0.5) is 27.5 Å². The van der Waals surface area contributed by atoms with Crippen LogP contribution in [-0.2, 0) is 4.79 Å². The number of nitrogens with one attached hydrogen (secondary N) is 2. The van der Waals surface area contributed by atoms with E-state index in [1.807, 2.05) is 44.1 Å². The van der Waals surface area contributed by atoms with Gasteiger partial charge in [0.15, 0.2) is 0 Å². The first kappa shape index (κ1) is 20.0. The average Bonchev–Trinajstić information content (AvgIpc) is 2.68. The van der Waals surface area contributed by atoms with Gasteiger partial charge in [-0.25, -0.2) is 9.37 Å². The molecule has 1 amide bonds. The number of benzene rings is 2. The number of hydrogen-bond acceptors (Lipinski definition) is 5. The number of carbonyl (C=O) groups is 1. The van der Waals surface area contributed by atoms with Gasteiger partial charge in [-0.2, -0.15) is 4.98 Å². The molecule has 0 fully saturated rings. The third-order valence-corrected chi connectivity index (χ3v) is 4.03. The van der Waals surface area contributed by atoms with Gasteiger partial charge in [-0.1, -0.05) is 18.2 Å². The first-order valence-electron chi connectivity index (χ1n) is 9.04. The summed E-state index contributed by atoms with van der Waals surface area (Å²) < 4.78 is 13.6. The zero-order valence-electron chi connectivity index (χ0n) is 16.5. The normalized spacial score (nSPS) is 10.8. The van der Waals surface area contributed by atoms with Crippen molar-refractivity contribution in [1.82, 2.24) is 9.97 Å². The Bertz CT molecular complexity index is 1030. The summed E-state index contributed by atoms with van der Waals surface area (Å²) in [7, 11) is 3.84. The van der Waals surface area contributed by atoms with E-state index in [1.54, 1.807) is 30.3 Å². The molecule has 2 aromatic carbocycles. The molecule has 2 N–H and O–H groups in total. The van der Waals surface area contributed by atoms with E-state index < -0.39 is 0 Å². The summed E-state index contributed by atoms with van der Waals surface area (Å²) in [5, 5.41) is 5.90. The number of carbonyl (C=O) groups excluding carboxylic acids is 1. The lowest BCUT2D eigenvalue weighted by Gasteiger charge is -2.14. The summed E-state index contributed by atoms with van der Waals surface area (Å²) in [5.74, 6) is 0.596. The van der Waals surface area contributed by atoms with Crippen LogP contribution in [0.15, 0.2) is 60.7 Å². The molecular weight excluding hydrogens is 369 g/mol. The SMILES string of the molecule is Cc1cc(N(C)C)nc(Nc2ccc(NC(=O)/C=C/c3ccccc3F)cc2)n1. The molecule has 0 spiro atoms. The number of amides is 1. The molecular formula is C22H22FN5O. The summed E-state index contributed by atoms with van der Waals surface area (Å²) in [6, 6.07) is 15.3. The molecule has 0 bridgehead atoms. The summed E-state index contributed by atoms with van der Waals surface area (Å²) in [6.07, 6.45) is 2.74. The van der Waals surface area contributed by atoms with E-state index in [2.05, 4.69) is 20.6 Å². The third-order valence-electron chi connectivity index (χ3n) is 4.03. The minimum Gasteiger partial charge on any atom is -0.363 e. The molecule has 0 radical (unpaired) electrons. The molecule has 0 saturated carbocycles. The maximum absolute atomic E-state index is 13.6. The molecule has 1 heterocycles. The van der Waals surface area contributed by atoms with Crippen molar-refractivity contribution in [2.75, 3.05) is 29.6 Å². The minimum atomic E-state index is -0.372. The van der Waals surface area contributed by atoms with Crippen LogP contribution in [0.2, 0.25) is 0 Å². The molecule has 3 rings (SSSR count). The highest BCUT2D eigenvalue weighted by Gasteiger charge is 2.05. The smallest absolute Gasteiger partial charge is 0.248 e. The first-order valence-corrected chi connectivity index (χ1v) is 9.04. The highest BCUT2D eigenvalue weighted by Crippen LogP contribution is 2.19. The van der Waals surface area contributed by atoms with Crippen LogP contribution in [0.5, 0.6) is 0 Å². The van der Waals surface area contributed by atoms with Gasteiger partial charge in [0.1, 0.15) is 11.6 Å². The van der Waals surface area contributed by atoms with Gasteiger partial charge >= 0.3 is 0 Å². The van der Waals surface area contributed by atoms with Gasteiger partial charge in [-0.05, 0) is 43.3 Å². The molecule has 3 aromatic rings. The van der Waals surface area contributed by atoms with E-state index >= 15 is 0 Å². The standard InChI is InChI=1S/C22H22FN5O/c1-15-14-20(28(2)3)27-22(24-15)26-18-11-9-17(10-12-18)25-21(29)13-8-16-6-4-5-7-19(16)23/h4-14H,1-3H3,(H,25,29)(H,24,26,27)/b13-8+. The van der Waals surface area contributed by atoms with Crippen molar-refractivity contribution in [3.8, 4) is 0 Å². The van der Waals surface area contributed by atoms with Crippen molar-refractivity contribution in [1.29, 1.82) is 0 Å². The van der Waals surface area contributed by atoms with Gasteiger partial charge in [0.2, 0.25) is 11.9 Å². The molecule has 1 aromatic heterocycles. The Morgan fingerprint density at radius 3 is 2.41 bits per heavy atom. The second-order valence-electron chi connectivity index (χ2n) is 6.63. The lowest BCUT2D eigenvalue weighted by atomic mass is 10.2. The van der Waals surface area contributed by atoms with Crippen molar-refractivity contribution in [2.24, 2.45) is 0 Å². The van der Waals surface area contributed by atoms with E-state index in [1.165, 1.54) is 18.2 Å². The molecule has 0 aliphatic carbocycles. The quantitative estimate of drug-likeness (QED) is 0.610. The van der Waals surface area contributed by atoms with Crippen LogP contribution >= 0.6 is 0 Å². The zero-order valence-corrected chi connectivity index (χ0v) is 16.5. The molecule has 29 heavy (non-hydrogen) atoms. The molecule has 0 unspecified atom stereocenters. The maximum atomic E-state index is 13.6. The third kappa shape index (κ3) is 5.62. The Morgan fingerprint density at radius 1 is 1.03 bits per heavy atom. The minimum absolute atomic E-state index is 0.341. The van der Waals surface area contributed by atoms with Crippen LogP contribution in [0.1, 0.15) is 11.3 Å². The lowest BCUT2D eigenvalue weighted by Crippen LogP contribution is -2.12. The molecule has 148 valence electrons. The monoisotopic (exact) mass is 391 g/mol. The molecule has 6 nitrogen and oxygen atoms in total. The van der Waals surface area contributed by atoms with Crippen molar-refractivity contribution >= 4 is 35.1 Å². The highest BCUT2D eigenvalue weighted by atomic mass is 19.1. The van der Waals surface area contributed by atoms with Crippen molar-refractivity contribution in [2.45, 2.75) is 6.92 Å². The fourth-order valence-electron chi connectivity index (χ4n) is 2.56. The van der Waals surface area contributed by atoms with Crippen molar-refractivity contribution < 1.29 is 9.18 Å². The van der Waals surface area contributed by atoms with Gasteiger partial charge < -0.3 is 15.5 Å². The van der Waals surface area contributed by atoms with Gasteiger partial charge in [0.05, 0.1) is 0 Å². The highest BCUT2D eigenvalue weighted by molar-refractivity contribution is 6.02. The fourth-order valence-corrected chi connectivity index (χ4v) is 2.56. The number of anilines is 4. The molecule has 0 aliphatic heterocycles. The molecule has 7 heteroatoms. The Balaban J connectivity index is 1.63. The number of aromatic nitrogens is 2. The Morgan fingerprint density at radius 2 is 1.72 bits per heavy atom. The topological polar surface area (TPSA) is 70.2 Å². The number of hydrogen-bond donors (Lipinski definition) is 2. The second-order valence-corrected chi connectivity index (χ2v) is 6.63. The van der Waals surface area contributed by atoms with Gasteiger partial charge in [0.25, 0.3) is 0 Å². The van der Waals surface area contributed by atoms with Crippen LogP contribution < -0.4 is 15.5 Å². The Hall–Kier alpha value is -3.74.